The third-order valence-electron chi connectivity index (χ3n) is 2.60. The lowest BCUT2D eigenvalue weighted by atomic mass is 10.3. The summed E-state index contributed by atoms with van der Waals surface area (Å²) < 4.78 is 29.5. The Hall–Kier alpha value is -1.72. The molecule has 4 N–H and O–H groups in total. The Balaban J connectivity index is 2.35. The van der Waals surface area contributed by atoms with Crippen molar-refractivity contribution in [2.45, 2.75) is 17.9 Å². The molecule has 20 heavy (non-hydrogen) atoms. The molecule has 0 saturated heterocycles. The summed E-state index contributed by atoms with van der Waals surface area (Å²) >= 11 is 0.992. The van der Waals surface area contributed by atoms with Gasteiger partial charge in [-0.05, 0) is 18.5 Å². The summed E-state index contributed by atoms with van der Waals surface area (Å²) in [5.41, 5.74) is 5.68. The van der Waals surface area contributed by atoms with Gasteiger partial charge in [0.25, 0.3) is 0 Å². The van der Waals surface area contributed by atoms with Gasteiger partial charge in [0.15, 0.2) is 10.7 Å². The number of aromatic nitrogens is 4. The van der Waals surface area contributed by atoms with E-state index in [-0.39, 0.29) is 16.8 Å². The topological polar surface area (TPSA) is 130 Å². The zero-order chi connectivity index (χ0) is 14.9. The van der Waals surface area contributed by atoms with Gasteiger partial charge in [-0.3, -0.25) is 5.10 Å². The average Bonchev–Trinajstić information content (AvgIpc) is 2.98. The second-order valence-electron chi connectivity index (χ2n) is 4.25. The van der Waals surface area contributed by atoms with Crippen LogP contribution in [0.3, 0.4) is 0 Å². The standard InChI is InChI=1S/C9H15N7O2S2/c1-5(8-11-4-12-14-8)13-9-6(7(10)15-19-9)20(17,18)16(2)3/h4-5,13H,1-3H3,(H2,10,15)(H,11,12,14). The maximum Gasteiger partial charge on any atom is 0.249 e. The first-order valence-electron chi connectivity index (χ1n) is 5.63. The van der Waals surface area contributed by atoms with Crippen LogP contribution in [0.25, 0.3) is 0 Å². The molecule has 0 fully saturated rings. The van der Waals surface area contributed by atoms with Gasteiger partial charge in [-0.25, -0.2) is 17.7 Å². The van der Waals surface area contributed by atoms with Gasteiger partial charge in [-0.2, -0.15) is 9.47 Å². The van der Waals surface area contributed by atoms with Crippen LogP contribution < -0.4 is 11.1 Å². The summed E-state index contributed by atoms with van der Waals surface area (Å²) in [5.74, 6) is 0.571. The van der Waals surface area contributed by atoms with E-state index >= 15 is 0 Å². The van der Waals surface area contributed by atoms with Crippen molar-refractivity contribution in [3.8, 4) is 0 Å². The van der Waals surface area contributed by atoms with E-state index in [4.69, 9.17) is 5.73 Å². The molecule has 2 rings (SSSR count). The van der Waals surface area contributed by atoms with Gasteiger partial charge in [-0.15, -0.1) is 0 Å². The van der Waals surface area contributed by atoms with Crippen molar-refractivity contribution in [2.24, 2.45) is 0 Å². The van der Waals surface area contributed by atoms with Gasteiger partial charge >= 0.3 is 0 Å². The molecule has 0 aromatic carbocycles. The molecule has 2 heterocycles. The highest BCUT2D eigenvalue weighted by Gasteiger charge is 2.28. The summed E-state index contributed by atoms with van der Waals surface area (Å²) in [5, 5.41) is 9.87. The number of sulfonamides is 1. The molecule has 9 nitrogen and oxygen atoms in total. The molecule has 2 aromatic rings. The number of nitrogen functional groups attached to an aromatic ring is 1. The number of H-pyrrole nitrogens is 1. The van der Waals surface area contributed by atoms with Crippen LogP contribution in [0.15, 0.2) is 11.2 Å². The monoisotopic (exact) mass is 317 g/mol. The summed E-state index contributed by atoms with van der Waals surface area (Å²) in [6.45, 7) is 1.82. The molecule has 11 heteroatoms. The van der Waals surface area contributed by atoms with Crippen LogP contribution in [0, 0.1) is 0 Å². The van der Waals surface area contributed by atoms with Crippen LogP contribution in [0.5, 0.6) is 0 Å². The van der Waals surface area contributed by atoms with Crippen LogP contribution >= 0.6 is 11.5 Å². The van der Waals surface area contributed by atoms with Crippen molar-refractivity contribution in [1.82, 2.24) is 23.9 Å². The molecular formula is C9H15N7O2S2. The zero-order valence-corrected chi connectivity index (χ0v) is 12.8. The largest absolute Gasteiger partial charge is 0.382 e. The fourth-order valence-corrected chi connectivity index (χ4v) is 3.66. The first kappa shape index (κ1) is 14.7. The molecule has 0 aliphatic carbocycles. The van der Waals surface area contributed by atoms with Gasteiger partial charge in [0, 0.05) is 14.1 Å². The quantitative estimate of drug-likeness (QED) is 0.721. The van der Waals surface area contributed by atoms with E-state index in [9.17, 15) is 8.42 Å². The minimum atomic E-state index is -3.66. The zero-order valence-electron chi connectivity index (χ0n) is 11.2. The molecule has 0 saturated carbocycles. The van der Waals surface area contributed by atoms with E-state index in [1.54, 1.807) is 0 Å². The molecule has 2 aromatic heterocycles. The highest BCUT2D eigenvalue weighted by atomic mass is 32.2. The minimum Gasteiger partial charge on any atom is -0.382 e. The molecular weight excluding hydrogens is 302 g/mol. The van der Waals surface area contributed by atoms with Crippen molar-refractivity contribution < 1.29 is 8.42 Å². The molecule has 0 aliphatic heterocycles. The molecule has 0 spiro atoms. The lowest BCUT2D eigenvalue weighted by Gasteiger charge is -2.15. The molecule has 1 atom stereocenters. The normalized spacial score (nSPS) is 13.6. The van der Waals surface area contributed by atoms with E-state index < -0.39 is 10.0 Å². The van der Waals surface area contributed by atoms with Gasteiger partial charge in [-0.1, -0.05) is 0 Å². The molecule has 1 unspecified atom stereocenters. The van der Waals surface area contributed by atoms with Crippen molar-refractivity contribution >= 4 is 32.4 Å². The Bertz CT molecular complexity index is 677. The number of hydrogen-bond donors (Lipinski definition) is 3. The summed E-state index contributed by atoms with van der Waals surface area (Å²) in [6.07, 6.45) is 1.38. The number of aromatic amines is 1. The minimum absolute atomic E-state index is 0.0149. The van der Waals surface area contributed by atoms with Gasteiger partial charge < -0.3 is 11.1 Å². The highest BCUT2D eigenvalue weighted by Crippen LogP contribution is 2.34. The molecule has 0 amide bonds. The third-order valence-corrected chi connectivity index (χ3v) is 5.42. The molecule has 110 valence electrons. The van der Waals surface area contributed by atoms with Crippen molar-refractivity contribution in [3.05, 3.63) is 12.2 Å². The number of nitrogens with zero attached hydrogens (tertiary/aromatic N) is 4. The number of hydrogen-bond acceptors (Lipinski definition) is 8. The average molecular weight is 317 g/mol. The van der Waals surface area contributed by atoms with Gasteiger partial charge in [0.1, 0.15) is 17.2 Å². The summed E-state index contributed by atoms with van der Waals surface area (Å²) in [7, 11) is -0.781. The number of nitrogens with two attached hydrogens (primary N) is 1. The van der Waals surface area contributed by atoms with E-state index in [0.717, 1.165) is 15.8 Å². The number of anilines is 2. The maximum absolute atomic E-state index is 12.2. The Kier molecular flexibility index (Phi) is 3.92. The van der Waals surface area contributed by atoms with Crippen molar-refractivity contribution in [3.63, 3.8) is 0 Å². The SMILES string of the molecule is CC(Nc1snc(N)c1S(=O)(=O)N(C)C)c1ncn[nH]1. The number of rotatable bonds is 5. The van der Waals surface area contributed by atoms with Crippen LogP contribution in [-0.4, -0.2) is 46.4 Å². The Morgan fingerprint density at radius 3 is 2.75 bits per heavy atom. The van der Waals surface area contributed by atoms with Crippen LogP contribution in [0.2, 0.25) is 0 Å². The first-order chi connectivity index (χ1) is 9.34. The summed E-state index contributed by atoms with van der Waals surface area (Å²) in [6, 6.07) is -0.256. The fraction of sp³-hybridized carbons (Fsp3) is 0.444. The predicted molar refractivity (Wildman–Crippen MR) is 75.8 cm³/mol. The molecule has 0 aliphatic rings. The third kappa shape index (κ3) is 2.59. The molecule has 0 bridgehead atoms. The Morgan fingerprint density at radius 2 is 2.20 bits per heavy atom. The summed E-state index contributed by atoms with van der Waals surface area (Å²) in [4.78, 5) is 4.00. The lowest BCUT2D eigenvalue weighted by molar-refractivity contribution is 0.521. The maximum atomic E-state index is 12.2. The van der Waals surface area contributed by atoms with Gasteiger partial charge in [0.2, 0.25) is 10.0 Å². The second kappa shape index (κ2) is 5.34. The number of nitrogens with one attached hydrogen (secondary N) is 2. The van der Waals surface area contributed by atoms with E-state index in [1.165, 1.54) is 20.4 Å². The van der Waals surface area contributed by atoms with E-state index in [1.807, 2.05) is 6.92 Å². The van der Waals surface area contributed by atoms with Crippen molar-refractivity contribution in [1.29, 1.82) is 0 Å². The highest BCUT2D eigenvalue weighted by molar-refractivity contribution is 7.89. The smallest absolute Gasteiger partial charge is 0.249 e. The first-order valence-corrected chi connectivity index (χ1v) is 7.85. The van der Waals surface area contributed by atoms with E-state index in [2.05, 4.69) is 24.9 Å². The Labute approximate surface area is 120 Å². The fourth-order valence-electron chi connectivity index (χ4n) is 1.51. The van der Waals surface area contributed by atoms with Crippen LogP contribution in [-0.2, 0) is 10.0 Å². The molecule has 0 radical (unpaired) electrons. The lowest BCUT2D eigenvalue weighted by Crippen LogP contribution is -2.24. The van der Waals surface area contributed by atoms with Crippen LogP contribution in [0.4, 0.5) is 10.8 Å². The Morgan fingerprint density at radius 1 is 1.50 bits per heavy atom. The van der Waals surface area contributed by atoms with Crippen LogP contribution in [0.1, 0.15) is 18.8 Å². The van der Waals surface area contributed by atoms with Crippen molar-refractivity contribution in [2.75, 3.05) is 25.1 Å². The van der Waals surface area contributed by atoms with E-state index in [0.29, 0.717) is 10.8 Å². The van der Waals surface area contributed by atoms with Gasteiger partial charge in [0.05, 0.1) is 6.04 Å². The second-order valence-corrected chi connectivity index (χ2v) is 7.11. The predicted octanol–water partition coefficient (Wildman–Crippen LogP) is 0.267.